The molecule has 5 heteroatoms. The Hall–Kier alpha value is -1.07. The van der Waals surface area contributed by atoms with E-state index >= 15 is 0 Å². The van der Waals surface area contributed by atoms with Crippen molar-refractivity contribution in [1.29, 1.82) is 0 Å². The molecule has 0 spiro atoms. The summed E-state index contributed by atoms with van der Waals surface area (Å²) < 4.78 is 29.8. The summed E-state index contributed by atoms with van der Waals surface area (Å²) in [5, 5.41) is 0. The van der Waals surface area contributed by atoms with Crippen LogP contribution in [0, 0.1) is 5.92 Å². The molecular weight excluding hydrogens is 226 g/mol. The topological polar surface area (TPSA) is 80.4 Å². The minimum atomic E-state index is -3.84. The fraction of sp³-hybridized carbons (Fsp3) is 0.455. The number of hydrogen-bond donors (Lipinski definition) is 2. The first-order valence-electron chi connectivity index (χ1n) is 5.16. The van der Waals surface area contributed by atoms with E-state index in [2.05, 4.69) is 0 Å². The zero-order valence-electron chi connectivity index (χ0n) is 9.26. The molecule has 0 aromatic heterocycles. The summed E-state index contributed by atoms with van der Waals surface area (Å²) in [4.78, 5) is 0. The summed E-state index contributed by atoms with van der Waals surface area (Å²) >= 11 is 0. The molecule has 16 heavy (non-hydrogen) atoms. The van der Waals surface area contributed by atoms with Gasteiger partial charge in [0, 0.05) is 5.69 Å². The Balaban J connectivity index is 2.49. The smallest absolute Gasteiger partial charge is 0.264 e. The van der Waals surface area contributed by atoms with Gasteiger partial charge in [-0.25, -0.2) is 0 Å². The average molecular weight is 243 g/mol. The van der Waals surface area contributed by atoms with E-state index in [-0.39, 0.29) is 11.7 Å². The van der Waals surface area contributed by atoms with Gasteiger partial charge in [-0.15, -0.1) is 0 Å². The van der Waals surface area contributed by atoms with Gasteiger partial charge in [0.2, 0.25) is 0 Å². The minimum Gasteiger partial charge on any atom is -0.399 e. The third-order valence-corrected chi connectivity index (χ3v) is 3.16. The van der Waals surface area contributed by atoms with E-state index in [1.165, 1.54) is 0 Å². The van der Waals surface area contributed by atoms with Crippen molar-refractivity contribution in [2.24, 2.45) is 5.92 Å². The van der Waals surface area contributed by atoms with Crippen molar-refractivity contribution in [3.63, 3.8) is 0 Å². The summed E-state index contributed by atoms with van der Waals surface area (Å²) in [6, 6.07) is 7.52. The molecule has 1 aromatic rings. The Bertz CT molecular complexity index is 442. The lowest BCUT2D eigenvalue weighted by molar-refractivity contribution is 0.469. The van der Waals surface area contributed by atoms with Crippen molar-refractivity contribution in [1.82, 2.24) is 0 Å². The van der Waals surface area contributed by atoms with Crippen LogP contribution in [0.4, 0.5) is 5.69 Å². The first kappa shape index (κ1) is 13.0. The van der Waals surface area contributed by atoms with Gasteiger partial charge in [0.05, 0.1) is 5.75 Å². The SMILES string of the molecule is CC(CCS(=O)(=O)O)Cc1cccc(N)c1. The van der Waals surface area contributed by atoms with E-state index in [0.29, 0.717) is 12.1 Å². The highest BCUT2D eigenvalue weighted by Crippen LogP contribution is 2.14. The van der Waals surface area contributed by atoms with Crippen LogP contribution in [0.5, 0.6) is 0 Å². The number of benzene rings is 1. The van der Waals surface area contributed by atoms with Crippen molar-refractivity contribution in [3.05, 3.63) is 29.8 Å². The van der Waals surface area contributed by atoms with Gasteiger partial charge in [-0.3, -0.25) is 4.55 Å². The molecule has 0 saturated heterocycles. The highest BCUT2D eigenvalue weighted by molar-refractivity contribution is 7.85. The van der Waals surface area contributed by atoms with Crippen molar-refractivity contribution in [3.8, 4) is 0 Å². The molecule has 0 fully saturated rings. The maximum absolute atomic E-state index is 10.6. The Labute approximate surface area is 96.2 Å². The van der Waals surface area contributed by atoms with Crippen molar-refractivity contribution >= 4 is 15.8 Å². The molecule has 1 atom stereocenters. The molecule has 0 aliphatic carbocycles. The van der Waals surface area contributed by atoms with Crippen molar-refractivity contribution in [2.45, 2.75) is 19.8 Å². The van der Waals surface area contributed by atoms with E-state index in [0.717, 1.165) is 12.0 Å². The second-order valence-electron chi connectivity index (χ2n) is 4.13. The van der Waals surface area contributed by atoms with E-state index in [4.69, 9.17) is 10.3 Å². The van der Waals surface area contributed by atoms with Gasteiger partial charge in [0.25, 0.3) is 10.1 Å². The van der Waals surface area contributed by atoms with E-state index in [1.807, 2.05) is 31.2 Å². The second kappa shape index (κ2) is 5.32. The average Bonchev–Trinajstić information content (AvgIpc) is 2.14. The zero-order valence-corrected chi connectivity index (χ0v) is 10.1. The maximum Gasteiger partial charge on any atom is 0.264 e. The van der Waals surface area contributed by atoms with Crippen LogP contribution in [-0.4, -0.2) is 18.7 Å². The normalized spacial score (nSPS) is 13.6. The predicted octanol–water partition coefficient (Wildman–Crippen LogP) is 1.73. The van der Waals surface area contributed by atoms with E-state index in [9.17, 15) is 8.42 Å². The Morgan fingerprint density at radius 1 is 1.44 bits per heavy atom. The first-order chi connectivity index (χ1) is 7.37. The first-order valence-corrected chi connectivity index (χ1v) is 6.77. The number of hydrogen-bond acceptors (Lipinski definition) is 3. The lowest BCUT2D eigenvalue weighted by atomic mass is 9.99. The fourth-order valence-corrected chi connectivity index (χ4v) is 2.27. The Morgan fingerprint density at radius 3 is 2.69 bits per heavy atom. The van der Waals surface area contributed by atoms with Crippen LogP contribution >= 0.6 is 0 Å². The lowest BCUT2D eigenvalue weighted by Gasteiger charge is -2.10. The lowest BCUT2D eigenvalue weighted by Crippen LogP contribution is -2.10. The molecule has 0 radical (unpaired) electrons. The number of anilines is 1. The molecule has 0 amide bonds. The number of rotatable bonds is 5. The molecule has 0 aliphatic heterocycles. The van der Waals surface area contributed by atoms with Gasteiger partial charge in [-0.1, -0.05) is 19.1 Å². The Morgan fingerprint density at radius 2 is 2.12 bits per heavy atom. The standard InChI is InChI=1S/C11H17NO3S/c1-9(5-6-16(13,14)15)7-10-3-2-4-11(12)8-10/h2-4,8-9H,5-7,12H2,1H3,(H,13,14,15). The fourth-order valence-electron chi connectivity index (χ4n) is 1.57. The van der Waals surface area contributed by atoms with Crippen molar-refractivity contribution in [2.75, 3.05) is 11.5 Å². The maximum atomic E-state index is 10.6. The molecule has 0 aliphatic rings. The molecule has 1 unspecified atom stereocenters. The molecule has 4 nitrogen and oxygen atoms in total. The molecular formula is C11H17NO3S. The quantitative estimate of drug-likeness (QED) is 0.609. The van der Waals surface area contributed by atoms with Gasteiger partial charge in [0.15, 0.2) is 0 Å². The summed E-state index contributed by atoms with van der Waals surface area (Å²) in [5.41, 5.74) is 7.44. The van der Waals surface area contributed by atoms with E-state index < -0.39 is 10.1 Å². The van der Waals surface area contributed by atoms with Gasteiger partial charge < -0.3 is 5.73 Å². The molecule has 0 bridgehead atoms. The van der Waals surface area contributed by atoms with Crippen LogP contribution in [0.2, 0.25) is 0 Å². The van der Waals surface area contributed by atoms with Crippen molar-refractivity contribution < 1.29 is 13.0 Å². The van der Waals surface area contributed by atoms with Crippen LogP contribution < -0.4 is 5.73 Å². The molecule has 3 N–H and O–H groups in total. The van der Waals surface area contributed by atoms with Crippen LogP contribution in [0.3, 0.4) is 0 Å². The zero-order chi connectivity index (χ0) is 12.2. The predicted molar refractivity (Wildman–Crippen MR) is 64.8 cm³/mol. The van der Waals surface area contributed by atoms with Gasteiger partial charge in [-0.05, 0) is 36.5 Å². The molecule has 1 aromatic carbocycles. The third-order valence-electron chi connectivity index (χ3n) is 2.40. The highest BCUT2D eigenvalue weighted by Gasteiger charge is 2.10. The summed E-state index contributed by atoms with van der Waals surface area (Å²) in [6.45, 7) is 1.95. The molecule has 0 saturated carbocycles. The highest BCUT2D eigenvalue weighted by atomic mass is 32.2. The second-order valence-corrected chi connectivity index (χ2v) is 5.70. The third kappa shape index (κ3) is 5.14. The summed E-state index contributed by atoms with van der Waals surface area (Å²) in [5.74, 6) is 0.0138. The van der Waals surface area contributed by atoms with Crippen LogP contribution in [0.25, 0.3) is 0 Å². The molecule has 90 valence electrons. The Kier molecular flexibility index (Phi) is 4.32. The molecule has 0 heterocycles. The van der Waals surface area contributed by atoms with Gasteiger partial charge in [0.1, 0.15) is 0 Å². The van der Waals surface area contributed by atoms with Crippen LogP contribution in [0.1, 0.15) is 18.9 Å². The monoisotopic (exact) mass is 243 g/mol. The van der Waals surface area contributed by atoms with Gasteiger partial charge >= 0.3 is 0 Å². The van der Waals surface area contributed by atoms with Gasteiger partial charge in [-0.2, -0.15) is 8.42 Å². The van der Waals surface area contributed by atoms with E-state index in [1.54, 1.807) is 0 Å². The largest absolute Gasteiger partial charge is 0.399 e. The molecule has 1 rings (SSSR count). The summed E-state index contributed by atoms with van der Waals surface area (Å²) in [7, 11) is -3.84. The number of nitrogens with two attached hydrogens (primary N) is 1. The van der Waals surface area contributed by atoms with Crippen LogP contribution in [0.15, 0.2) is 24.3 Å². The number of nitrogen functional groups attached to an aromatic ring is 1. The minimum absolute atomic E-state index is 0.184. The van der Waals surface area contributed by atoms with Crippen LogP contribution in [-0.2, 0) is 16.5 Å². The summed E-state index contributed by atoms with van der Waals surface area (Å²) in [6.07, 6.45) is 1.22.